The molecule has 3 rings (SSSR count). The van der Waals surface area contributed by atoms with Crippen LogP contribution in [0.1, 0.15) is 26.3 Å². The number of carbonyl (C=O) groups is 2. The first-order valence-electron chi connectivity index (χ1n) is 8.60. The number of carboxylic acids is 2. The number of rotatable bonds is 4. The van der Waals surface area contributed by atoms with Gasteiger partial charge in [0.15, 0.2) is 0 Å². The molecule has 3 heterocycles. The van der Waals surface area contributed by atoms with Crippen LogP contribution in [-0.4, -0.2) is 52.6 Å². The quantitative estimate of drug-likeness (QED) is 0.235. The number of hydrogen-bond acceptors (Lipinski definition) is 8. The second-order valence-corrected chi connectivity index (χ2v) is 6.21. The van der Waals surface area contributed by atoms with Crippen LogP contribution >= 0.6 is 36.7 Å². The van der Waals surface area contributed by atoms with E-state index in [0.29, 0.717) is 11.4 Å². The van der Waals surface area contributed by atoms with Crippen molar-refractivity contribution in [3.8, 4) is 22.8 Å². The summed E-state index contributed by atoms with van der Waals surface area (Å²) < 4.78 is 0. The molecule has 0 atom stereocenters. The molecule has 14 heteroatoms. The molecule has 0 aromatic carbocycles. The van der Waals surface area contributed by atoms with Gasteiger partial charge in [-0.25, -0.2) is 14.6 Å². The van der Waals surface area contributed by atoms with E-state index in [1.54, 1.807) is 12.3 Å². The van der Waals surface area contributed by atoms with Gasteiger partial charge in [-0.1, -0.05) is 36.7 Å². The largest absolute Gasteiger partial charge is 3.00 e. The van der Waals surface area contributed by atoms with Crippen LogP contribution in [0.15, 0.2) is 48.8 Å². The van der Waals surface area contributed by atoms with E-state index in [1.165, 1.54) is 45.9 Å². The van der Waals surface area contributed by atoms with Crippen molar-refractivity contribution < 1.29 is 39.3 Å². The zero-order valence-corrected chi connectivity index (χ0v) is 21.8. The van der Waals surface area contributed by atoms with Gasteiger partial charge in [-0.3, -0.25) is 9.97 Å². The number of hydrogen-bond donors (Lipinski definition) is 2. The van der Waals surface area contributed by atoms with Gasteiger partial charge in [-0.2, -0.15) is 15.5 Å². The van der Waals surface area contributed by atoms with Crippen molar-refractivity contribution in [2.45, 2.75) is 6.92 Å². The van der Waals surface area contributed by atoms with Crippen LogP contribution in [0.2, 0.25) is 0 Å². The van der Waals surface area contributed by atoms with E-state index >= 15 is 0 Å². The third-order valence-corrected chi connectivity index (χ3v) is 3.52. The van der Waals surface area contributed by atoms with Gasteiger partial charge in [0.05, 0.1) is 33.9 Å². The molecule has 0 saturated carbocycles. The molecule has 0 aliphatic heterocycles. The van der Waals surface area contributed by atoms with Gasteiger partial charge in [0.25, 0.3) is 0 Å². The van der Waals surface area contributed by atoms with Crippen LogP contribution in [0.3, 0.4) is 0 Å². The Hall–Kier alpha value is -3.59. The number of thiocarbonyl (C=S) groups is 3. The number of carboxylic acid groups (broad SMARTS) is 2. The molecule has 0 aliphatic carbocycles. The van der Waals surface area contributed by atoms with Gasteiger partial charge in [-0.15, -0.1) is 0 Å². The topological polar surface area (TPSA) is 180 Å². The first kappa shape index (κ1) is 33.6. The maximum absolute atomic E-state index is 11.4. The Morgan fingerprint density at radius 3 is 1.51 bits per heavy atom. The molecular weight excluding hydrogens is 598 g/mol. The second-order valence-electron chi connectivity index (χ2n) is 5.66. The van der Waals surface area contributed by atoms with E-state index in [9.17, 15) is 14.7 Å². The zero-order valence-electron chi connectivity index (χ0n) is 17.6. The Balaban J connectivity index is 0. The Morgan fingerprint density at radius 1 is 0.743 bits per heavy atom. The van der Waals surface area contributed by atoms with Crippen LogP contribution in [-0.2, 0) is 19.5 Å². The molecule has 2 N–H and O–H groups in total. The smallest absolute Gasteiger partial charge is 0.753 e. The average molecular weight is 611 g/mol. The second kappa shape index (κ2) is 18.8. The van der Waals surface area contributed by atoms with E-state index in [4.69, 9.17) is 21.3 Å². The number of isothiocyanates is 3. The number of aromatic nitrogens is 3. The van der Waals surface area contributed by atoms with Crippen molar-refractivity contribution in [1.82, 2.24) is 15.0 Å². The Bertz CT molecular complexity index is 1240. The molecule has 177 valence electrons. The monoisotopic (exact) mass is 611 g/mol. The fourth-order valence-electron chi connectivity index (χ4n) is 2.30. The predicted octanol–water partition coefficient (Wildman–Crippen LogP) is 4.88. The summed E-state index contributed by atoms with van der Waals surface area (Å²) in [5.74, 6) is -2.22. The first-order chi connectivity index (χ1) is 16.2. The summed E-state index contributed by atoms with van der Waals surface area (Å²) >= 11 is 11.1. The summed E-state index contributed by atoms with van der Waals surface area (Å²) in [6.45, 7) is 1.89. The summed E-state index contributed by atoms with van der Waals surface area (Å²) in [7, 11) is 0. The number of nitrogens with zero attached hydrogens (tertiary/aromatic N) is 6. The van der Waals surface area contributed by atoms with Gasteiger partial charge in [0.2, 0.25) is 0 Å². The zero-order chi connectivity index (χ0) is 26.1. The molecule has 0 spiro atoms. The minimum absolute atomic E-state index is 0. The van der Waals surface area contributed by atoms with Crippen molar-refractivity contribution >= 4 is 64.1 Å². The van der Waals surface area contributed by atoms with Crippen LogP contribution in [0, 0.1) is 6.92 Å². The molecular formula is C21H13N6O4RuS3. The summed E-state index contributed by atoms with van der Waals surface area (Å²) in [6, 6.07) is 9.10. The van der Waals surface area contributed by atoms with E-state index in [-0.39, 0.29) is 42.0 Å². The maximum atomic E-state index is 11.4. The normalized spacial score (nSPS) is 8.14. The number of pyridine rings is 3. The van der Waals surface area contributed by atoms with E-state index in [1.807, 2.05) is 13.0 Å². The van der Waals surface area contributed by atoms with Gasteiger partial charge in [-0.05, 0) is 48.9 Å². The number of aromatic carboxylic acids is 2. The standard InChI is InChI=1S/C18H13N3O4.3CNS.Ru/c1-10-2-4-19-13(6-10)15-8-12(18(24)25)9-16(21-15)14-7-11(17(22)23)3-5-20-14;3*2-1-3;/h2-9H,1H3,(H,22,23)(H,24,25);;;;/q;3*-1;+3. The summed E-state index contributed by atoms with van der Waals surface area (Å²) in [5, 5.41) is 43.9. The predicted molar refractivity (Wildman–Crippen MR) is 137 cm³/mol. The minimum Gasteiger partial charge on any atom is -0.753 e. The van der Waals surface area contributed by atoms with Crippen LogP contribution in [0.25, 0.3) is 39.0 Å². The fraction of sp³-hybridized carbons (Fsp3) is 0.0476. The molecule has 0 amide bonds. The molecule has 0 fully saturated rings. The van der Waals surface area contributed by atoms with E-state index in [2.05, 4.69) is 51.6 Å². The van der Waals surface area contributed by atoms with Gasteiger partial charge in [0, 0.05) is 12.4 Å². The molecule has 3 aromatic rings. The average Bonchev–Trinajstić information content (AvgIpc) is 2.80. The maximum Gasteiger partial charge on any atom is 3.00 e. The van der Waals surface area contributed by atoms with Crippen molar-refractivity contribution in [2.75, 3.05) is 0 Å². The van der Waals surface area contributed by atoms with Gasteiger partial charge < -0.3 is 26.4 Å². The minimum atomic E-state index is -1.12. The molecule has 0 unspecified atom stereocenters. The third-order valence-electron chi connectivity index (χ3n) is 3.52. The molecule has 0 aliphatic rings. The van der Waals surface area contributed by atoms with Crippen LogP contribution < -0.4 is 0 Å². The number of aryl methyl sites for hydroxylation is 1. The van der Waals surface area contributed by atoms with Crippen molar-refractivity contribution in [3.63, 3.8) is 0 Å². The Morgan fingerprint density at radius 2 is 1.11 bits per heavy atom. The molecule has 35 heavy (non-hydrogen) atoms. The Labute approximate surface area is 228 Å². The van der Waals surface area contributed by atoms with Crippen LogP contribution in [0.4, 0.5) is 0 Å². The van der Waals surface area contributed by atoms with Gasteiger partial charge in [0.1, 0.15) is 0 Å². The summed E-state index contributed by atoms with van der Waals surface area (Å²) in [5.41, 5.74) is 2.46. The van der Waals surface area contributed by atoms with Gasteiger partial charge >= 0.3 is 31.4 Å². The summed E-state index contributed by atoms with van der Waals surface area (Å²) in [6.07, 6.45) is 2.96. The van der Waals surface area contributed by atoms with Crippen molar-refractivity contribution in [2.24, 2.45) is 0 Å². The molecule has 1 radical (unpaired) electrons. The van der Waals surface area contributed by atoms with E-state index < -0.39 is 11.9 Å². The summed E-state index contributed by atoms with van der Waals surface area (Å²) in [4.78, 5) is 35.3. The molecule has 10 nitrogen and oxygen atoms in total. The molecule has 0 saturated heterocycles. The van der Waals surface area contributed by atoms with Crippen LogP contribution in [0.5, 0.6) is 0 Å². The fourth-order valence-corrected chi connectivity index (χ4v) is 2.30. The SMILES string of the molecule is Cc1ccnc(-c2cc(C(=O)O)cc(-c3cc(C(=O)O)ccn3)n2)c1.[N-]=C=S.[N-]=C=S.[N-]=C=S.[Ru+3]. The molecule has 3 aromatic heterocycles. The van der Waals surface area contributed by atoms with Crippen molar-refractivity contribution in [3.05, 3.63) is 81.7 Å². The first-order valence-corrected chi connectivity index (χ1v) is 9.83. The molecule has 0 bridgehead atoms. The van der Waals surface area contributed by atoms with E-state index in [0.717, 1.165) is 5.56 Å². The Kier molecular flexibility index (Phi) is 18.0. The van der Waals surface area contributed by atoms with Crippen molar-refractivity contribution in [1.29, 1.82) is 0 Å². The third kappa shape index (κ3) is 12.4.